The Hall–Kier alpha value is -3.98. The number of aryl methyl sites for hydroxylation is 1. The van der Waals surface area contributed by atoms with Crippen molar-refractivity contribution in [3.8, 4) is 17.2 Å². The molecule has 33 heavy (non-hydrogen) atoms. The highest BCUT2D eigenvalue weighted by atomic mass is 35.5. The highest BCUT2D eigenvalue weighted by Crippen LogP contribution is 2.31. The lowest BCUT2D eigenvalue weighted by atomic mass is 10.1. The Labute approximate surface area is 193 Å². The highest BCUT2D eigenvalue weighted by molar-refractivity contribution is 6.31. The minimum absolute atomic E-state index is 0.00315. The van der Waals surface area contributed by atoms with Gasteiger partial charge in [0.15, 0.2) is 17.1 Å². The average molecular weight is 470 g/mol. The second kappa shape index (κ2) is 9.25. The van der Waals surface area contributed by atoms with E-state index in [9.17, 15) is 9.59 Å². The number of carbonyl (C=O) groups is 1. The largest absolute Gasteiger partial charge is 0.493 e. The molecule has 0 aliphatic heterocycles. The second-order valence-corrected chi connectivity index (χ2v) is 7.47. The van der Waals surface area contributed by atoms with E-state index >= 15 is 0 Å². The van der Waals surface area contributed by atoms with E-state index in [4.69, 9.17) is 30.3 Å². The molecule has 0 saturated carbocycles. The Balaban J connectivity index is 1.55. The monoisotopic (exact) mass is 469 g/mol. The van der Waals surface area contributed by atoms with Gasteiger partial charge in [-0.1, -0.05) is 11.6 Å². The molecule has 0 atom stereocenters. The molecular weight excluding hydrogens is 450 g/mol. The number of hydrogen-bond acceptors (Lipinski definition) is 7. The van der Waals surface area contributed by atoms with Crippen LogP contribution in [0.5, 0.6) is 17.2 Å². The van der Waals surface area contributed by atoms with Gasteiger partial charge in [-0.2, -0.15) is 0 Å². The lowest BCUT2D eigenvalue weighted by Crippen LogP contribution is -2.15. The number of anilines is 1. The molecule has 170 valence electrons. The Kier molecular flexibility index (Phi) is 6.23. The first-order valence-corrected chi connectivity index (χ1v) is 10.2. The summed E-state index contributed by atoms with van der Waals surface area (Å²) in [6, 6.07) is 12.6. The van der Waals surface area contributed by atoms with Gasteiger partial charge >= 0.3 is 0 Å². The molecule has 0 saturated heterocycles. The van der Waals surface area contributed by atoms with Gasteiger partial charge in [-0.15, -0.1) is 4.57 Å². The van der Waals surface area contributed by atoms with Crippen molar-refractivity contribution in [1.29, 1.82) is 0 Å². The molecule has 4 aromatic rings. The number of nitrogens with zero attached hydrogens (tertiary/aromatic N) is 2. The molecule has 0 radical (unpaired) electrons. The Morgan fingerprint density at radius 3 is 2.58 bits per heavy atom. The van der Waals surface area contributed by atoms with Crippen molar-refractivity contribution in [1.82, 2.24) is 9.56 Å². The van der Waals surface area contributed by atoms with Crippen molar-refractivity contribution in [3.05, 3.63) is 80.9 Å². The average Bonchev–Trinajstić information content (AvgIpc) is 3.18. The summed E-state index contributed by atoms with van der Waals surface area (Å²) in [5.74, 6) is 1.47. The van der Waals surface area contributed by atoms with E-state index in [1.54, 1.807) is 49.4 Å². The lowest BCUT2D eigenvalue weighted by Gasteiger charge is -2.14. The molecule has 1 amide bonds. The van der Waals surface area contributed by atoms with E-state index in [1.165, 1.54) is 20.3 Å². The van der Waals surface area contributed by atoms with E-state index in [1.807, 2.05) is 0 Å². The van der Waals surface area contributed by atoms with Crippen LogP contribution in [0.15, 0.2) is 57.8 Å². The van der Waals surface area contributed by atoms with E-state index in [0.717, 1.165) is 4.57 Å². The van der Waals surface area contributed by atoms with Crippen LogP contribution < -0.4 is 25.1 Å². The molecular formula is C23H20ClN3O6. The number of rotatable bonds is 7. The number of fused-ring (bicyclic) bond motifs is 1. The minimum Gasteiger partial charge on any atom is -0.493 e. The van der Waals surface area contributed by atoms with E-state index in [0.29, 0.717) is 50.6 Å². The summed E-state index contributed by atoms with van der Waals surface area (Å²) < 4.78 is 22.7. The number of nitrogens with one attached hydrogen (secondary N) is 1. The topological polar surface area (TPSA) is 104 Å². The van der Waals surface area contributed by atoms with Crippen molar-refractivity contribution < 1.29 is 23.5 Å². The summed E-state index contributed by atoms with van der Waals surface area (Å²) in [6.07, 6.45) is 0. The maximum Gasteiger partial charge on any atom is 0.287 e. The normalized spacial score (nSPS) is 10.8. The Morgan fingerprint density at radius 1 is 1.06 bits per heavy atom. The first kappa shape index (κ1) is 22.2. The number of halogens is 1. The van der Waals surface area contributed by atoms with Crippen LogP contribution in [0.2, 0.25) is 5.02 Å². The molecule has 1 N–H and O–H groups in total. The number of methoxy groups -OCH3 is 2. The van der Waals surface area contributed by atoms with Gasteiger partial charge in [-0.3, -0.25) is 9.59 Å². The van der Waals surface area contributed by atoms with Gasteiger partial charge in [0, 0.05) is 22.7 Å². The summed E-state index contributed by atoms with van der Waals surface area (Å²) in [5.41, 5.74) is 1.16. The SMILES string of the molecule is COc1ccc(C(=O)Nc2cc(Cl)ccc2OCc2cc(=O)n3oc(C)cc3n2)cc1OC. The fraction of sp³-hybridized carbons (Fsp3) is 0.174. The Morgan fingerprint density at radius 2 is 1.82 bits per heavy atom. The zero-order chi connectivity index (χ0) is 23.5. The van der Waals surface area contributed by atoms with Crippen LogP contribution in [-0.4, -0.2) is 29.7 Å². The Bertz CT molecular complexity index is 1390. The minimum atomic E-state index is -0.394. The van der Waals surface area contributed by atoms with Crippen molar-refractivity contribution >= 4 is 28.8 Å². The smallest absolute Gasteiger partial charge is 0.287 e. The van der Waals surface area contributed by atoms with E-state index in [-0.39, 0.29) is 12.2 Å². The summed E-state index contributed by atoms with van der Waals surface area (Å²) in [5, 5.41) is 3.20. The van der Waals surface area contributed by atoms with Crippen molar-refractivity contribution in [2.45, 2.75) is 13.5 Å². The molecule has 0 spiro atoms. The van der Waals surface area contributed by atoms with Gasteiger partial charge in [0.1, 0.15) is 18.1 Å². The molecule has 2 heterocycles. The number of carbonyl (C=O) groups excluding carboxylic acids is 1. The third kappa shape index (κ3) is 4.78. The molecule has 0 fully saturated rings. The number of amides is 1. The zero-order valence-corrected chi connectivity index (χ0v) is 18.8. The van der Waals surface area contributed by atoms with Crippen LogP contribution in [0.3, 0.4) is 0 Å². The number of aromatic nitrogens is 2. The first-order chi connectivity index (χ1) is 15.9. The van der Waals surface area contributed by atoms with Gasteiger partial charge in [-0.25, -0.2) is 4.98 Å². The predicted molar refractivity (Wildman–Crippen MR) is 122 cm³/mol. The van der Waals surface area contributed by atoms with Crippen LogP contribution in [0, 0.1) is 6.92 Å². The summed E-state index contributed by atoms with van der Waals surface area (Å²) >= 11 is 6.13. The fourth-order valence-corrected chi connectivity index (χ4v) is 3.37. The molecule has 0 unspecified atom stereocenters. The molecule has 10 heteroatoms. The zero-order valence-electron chi connectivity index (χ0n) is 18.0. The van der Waals surface area contributed by atoms with E-state index < -0.39 is 5.91 Å². The standard InChI is InChI=1S/C23H20ClN3O6/c1-13-8-21-25-16(11-22(28)27(21)33-13)12-32-18-7-5-15(24)10-17(18)26-23(29)14-4-6-19(30-2)20(9-14)31-3/h4-11H,12H2,1-3H3,(H,26,29). The molecule has 0 aliphatic rings. The molecule has 2 aromatic carbocycles. The summed E-state index contributed by atoms with van der Waals surface area (Å²) in [4.78, 5) is 29.4. The van der Waals surface area contributed by atoms with Gasteiger partial charge in [0.2, 0.25) is 0 Å². The summed E-state index contributed by atoms with van der Waals surface area (Å²) in [7, 11) is 3.01. The predicted octanol–water partition coefficient (Wildman–Crippen LogP) is 4.10. The number of hydrogen-bond donors (Lipinski definition) is 1. The van der Waals surface area contributed by atoms with E-state index in [2.05, 4.69) is 10.3 Å². The molecule has 9 nitrogen and oxygen atoms in total. The fourth-order valence-electron chi connectivity index (χ4n) is 3.20. The maximum absolute atomic E-state index is 12.8. The second-order valence-electron chi connectivity index (χ2n) is 7.04. The first-order valence-electron chi connectivity index (χ1n) is 9.83. The van der Waals surface area contributed by atoms with Crippen LogP contribution in [0.4, 0.5) is 5.69 Å². The number of ether oxygens (including phenoxy) is 3. The summed E-state index contributed by atoms with van der Waals surface area (Å²) in [6.45, 7) is 1.72. The van der Waals surface area contributed by atoms with Crippen LogP contribution in [0.1, 0.15) is 21.8 Å². The van der Waals surface area contributed by atoms with Crippen LogP contribution in [0.25, 0.3) is 5.65 Å². The lowest BCUT2D eigenvalue weighted by molar-refractivity contribution is 0.102. The van der Waals surface area contributed by atoms with Crippen molar-refractivity contribution in [2.75, 3.05) is 19.5 Å². The van der Waals surface area contributed by atoms with Crippen molar-refractivity contribution in [2.24, 2.45) is 0 Å². The van der Waals surface area contributed by atoms with Crippen LogP contribution in [-0.2, 0) is 6.61 Å². The van der Waals surface area contributed by atoms with Crippen LogP contribution >= 0.6 is 11.6 Å². The quantitative estimate of drug-likeness (QED) is 0.434. The molecule has 4 rings (SSSR count). The number of benzene rings is 2. The van der Waals surface area contributed by atoms with Gasteiger partial charge < -0.3 is 24.1 Å². The van der Waals surface area contributed by atoms with Gasteiger partial charge in [-0.05, 0) is 43.3 Å². The van der Waals surface area contributed by atoms with Gasteiger partial charge in [0.25, 0.3) is 11.5 Å². The maximum atomic E-state index is 12.8. The highest BCUT2D eigenvalue weighted by Gasteiger charge is 2.15. The molecule has 2 aromatic heterocycles. The van der Waals surface area contributed by atoms with Crippen molar-refractivity contribution in [3.63, 3.8) is 0 Å². The van der Waals surface area contributed by atoms with Gasteiger partial charge in [0.05, 0.1) is 25.6 Å². The third-order valence-corrected chi connectivity index (χ3v) is 4.97. The molecule has 0 bridgehead atoms. The molecule has 0 aliphatic carbocycles. The third-order valence-electron chi connectivity index (χ3n) is 4.74.